The zero-order valence-corrected chi connectivity index (χ0v) is 8.80. The van der Waals surface area contributed by atoms with Crippen LogP contribution in [0.25, 0.3) is 0 Å². The predicted molar refractivity (Wildman–Crippen MR) is 52.3 cm³/mol. The second-order valence-electron chi connectivity index (χ2n) is 6.31. The molecule has 0 amide bonds. The van der Waals surface area contributed by atoms with Crippen LogP contribution in [0.15, 0.2) is 0 Å². The zero-order chi connectivity index (χ0) is 7.99. The molecule has 0 heterocycles. The monoisotopic (exact) mass is 150 g/mol. The average Bonchev–Trinajstić information content (AvgIpc) is 1.24. The first-order valence-electron chi connectivity index (χ1n) is 3.43. The Bertz CT molecular complexity index is 108. The lowest BCUT2D eigenvalue weighted by atomic mass is 10.6. The van der Waals surface area contributed by atoms with E-state index in [2.05, 4.69) is 45.1 Å². The molecule has 0 aromatic heterocycles. The smallest absolute Gasteiger partial charge is 0.0286 e. The second-order valence-corrected chi connectivity index (χ2v) is 17.8. The Morgan fingerprint density at radius 2 is 0.889 bits per heavy atom. The van der Waals surface area contributed by atoms with E-state index in [1.54, 1.807) is 0 Å². The minimum atomic E-state index is -1.61. The third-order valence-corrected chi connectivity index (χ3v) is 7.07. The van der Waals surface area contributed by atoms with Gasteiger partial charge < -0.3 is 0 Å². The highest BCUT2D eigenvalue weighted by Crippen LogP contribution is 2.78. The molecule has 0 radical (unpaired) electrons. The Balaban J connectivity index is 4.76. The van der Waals surface area contributed by atoms with Crippen LogP contribution in [0.1, 0.15) is 13.8 Å². The molecular weight excluding hydrogens is 128 g/mol. The van der Waals surface area contributed by atoms with Crippen molar-refractivity contribution in [2.24, 2.45) is 0 Å². The molecule has 0 fully saturated rings. The van der Waals surface area contributed by atoms with Crippen molar-refractivity contribution in [3.63, 3.8) is 0 Å². The van der Waals surface area contributed by atoms with Crippen molar-refractivity contribution in [2.75, 3.05) is 31.3 Å². The molecule has 9 heavy (non-hydrogen) atoms. The fourth-order valence-corrected chi connectivity index (χ4v) is 0. The van der Waals surface area contributed by atoms with Crippen LogP contribution in [0.2, 0.25) is 0 Å². The maximum Gasteiger partial charge on any atom is -0.0286 e. The first kappa shape index (κ1) is 9.35. The maximum atomic E-state index is 2.42. The summed E-state index contributed by atoms with van der Waals surface area (Å²) in [5, 5.41) is 0.810. The molecule has 0 aliphatic rings. The first-order chi connectivity index (χ1) is 3.43. The lowest BCUT2D eigenvalue weighted by Gasteiger charge is -2.69. The van der Waals surface area contributed by atoms with Crippen molar-refractivity contribution >= 4 is 8.29 Å². The second kappa shape index (κ2) is 1.34. The van der Waals surface area contributed by atoms with Gasteiger partial charge in [0.05, 0.1) is 0 Å². The number of hydrogen-bond donors (Lipinski definition) is 0. The van der Waals surface area contributed by atoms with Crippen molar-refractivity contribution < 1.29 is 0 Å². The van der Waals surface area contributed by atoms with Gasteiger partial charge in [-0.3, -0.25) is 8.29 Å². The van der Waals surface area contributed by atoms with E-state index >= 15 is 0 Å². The lowest BCUT2D eigenvalue weighted by Crippen LogP contribution is -2.37. The van der Waals surface area contributed by atoms with Gasteiger partial charge in [0.15, 0.2) is 0 Å². The Morgan fingerprint density at radius 1 is 0.778 bits per heavy atom. The van der Waals surface area contributed by atoms with Crippen LogP contribution in [0.5, 0.6) is 0 Å². The summed E-state index contributed by atoms with van der Waals surface area (Å²) in [4.78, 5) is 0. The Hall–Kier alpha value is 0.350. The van der Waals surface area contributed by atoms with Gasteiger partial charge >= 0.3 is 0 Å². The van der Waals surface area contributed by atoms with Gasteiger partial charge in [0.2, 0.25) is 0 Å². The molecule has 0 aliphatic heterocycles. The van der Waals surface area contributed by atoms with Crippen molar-refractivity contribution in [2.45, 2.75) is 19.1 Å². The van der Waals surface area contributed by atoms with Crippen molar-refractivity contribution in [1.82, 2.24) is 0 Å². The lowest BCUT2D eigenvalue weighted by molar-refractivity contribution is 1.06. The van der Waals surface area contributed by atoms with E-state index in [9.17, 15) is 0 Å². The van der Waals surface area contributed by atoms with Crippen molar-refractivity contribution in [3.8, 4) is 0 Å². The summed E-state index contributed by atoms with van der Waals surface area (Å²) in [5.41, 5.74) is 0. The van der Waals surface area contributed by atoms with Crippen LogP contribution in [0, 0.1) is 0 Å². The molecule has 0 saturated heterocycles. The molecule has 0 aromatic carbocycles. The van der Waals surface area contributed by atoms with Crippen LogP contribution in [-0.2, 0) is 0 Å². The average molecular weight is 150 g/mol. The first-order valence-corrected chi connectivity index (χ1v) is 7.99. The summed E-state index contributed by atoms with van der Waals surface area (Å²) < 4.78 is 0. The van der Waals surface area contributed by atoms with E-state index < -0.39 is 8.29 Å². The fraction of sp³-hybridized carbons (Fsp3) is 1.00. The Morgan fingerprint density at radius 3 is 0.889 bits per heavy atom. The summed E-state index contributed by atoms with van der Waals surface area (Å²) in [6, 6.07) is 0. The van der Waals surface area contributed by atoms with Gasteiger partial charge in [-0.05, 0) is 36.5 Å². The van der Waals surface area contributed by atoms with Crippen LogP contribution in [0.4, 0.5) is 0 Å². The fourth-order valence-electron chi connectivity index (χ4n) is 0. The van der Waals surface area contributed by atoms with Crippen LogP contribution < -0.4 is 0 Å². The quantitative estimate of drug-likeness (QED) is 0.538. The molecule has 0 nitrogen and oxygen atoms in total. The van der Waals surface area contributed by atoms with Crippen LogP contribution in [-0.4, -0.2) is 36.5 Å². The summed E-state index contributed by atoms with van der Waals surface area (Å²) in [6.45, 7) is 4.64. The van der Waals surface area contributed by atoms with E-state index in [1.165, 1.54) is 0 Å². The van der Waals surface area contributed by atoms with Gasteiger partial charge in [-0.25, -0.2) is 0 Å². The maximum absolute atomic E-state index is 2.42. The van der Waals surface area contributed by atoms with Crippen molar-refractivity contribution in [1.29, 1.82) is 0 Å². The molecule has 1 heteroatoms. The van der Waals surface area contributed by atoms with Crippen LogP contribution in [0.3, 0.4) is 0 Å². The third kappa shape index (κ3) is 3.14. The Kier molecular flexibility index (Phi) is 1.39. The predicted octanol–water partition coefficient (Wildman–Crippen LogP) is 2.42. The highest BCUT2D eigenvalue weighted by molar-refractivity contribution is 8.62. The van der Waals surface area contributed by atoms with Gasteiger partial charge in [-0.2, -0.15) is 0 Å². The molecule has 0 saturated carbocycles. The minimum Gasteiger partial charge on any atom is -0.284 e. The highest BCUT2D eigenvalue weighted by atomic mass is 32.4. The molecule has 0 unspecified atom stereocenters. The normalized spacial score (nSPS) is 21.3. The van der Waals surface area contributed by atoms with Gasteiger partial charge in [0.1, 0.15) is 0 Å². The third-order valence-electron chi connectivity index (χ3n) is 2.36. The van der Waals surface area contributed by atoms with E-state index in [4.69, 9.17) is 0 Å². The molecule has 0 rings (SSSR count). The molecule has 0 spiro atoms. The number of hydrogen-bond acceptors (Lipinski definition) is 0. The van der Waals surface area contributed by atoms with Gasteiger partial charge in [-0.15, -0.1) is 0 Å². The molecule has 0 N–H and O–H groups in total. The minimum absolute atomic E-state index is 0.810. The summed E-state index contributed by atoms with van der Waals surface area (Å²) in [7, 11) is -1.61. The number of rotatable bonds is 1. The van der Waals surface area contributed by atoms with E-state index in [0.29, 0.717) is 0 Å². The van der Waals surface area contributed by atoms with Gasteiger partial charge in [-0.1, -0.05) is 13.8 Å². The van der Waals surface area contributed by atoms with Gasteiger partial charge in [0, 0.05) is 0 Å². The van der Waals surface area contributed by atoms with E-state index in [0.717, 1.165) is 5.25 Å². The topological polar surface area (TPSA) is 0 Å². The largest absolute Gasteiger partial charge is 0.284 e. The summed E-state index contributed by atoms with van der Waals surface area (Å²) in [6.07, 6.45) is 12.1. The van der Waals surface area contributed by atoms with E-state index in [-0.39, 0.29) is 0 Å². The van der Waals surface area contributed by atoms with Crippen LogP contribution >= 0.6 is 8.29 Å². The standard InChI is InChI=1S/C8H22S/c1-8(2)9(3,4,5,6)7/h8H,1-7H3. The molecular formula is C8H22S. The molecule has 0 aliphatic carbocycles. The molecule has 0 aromatic rings. The molecule has 60 valence electrons. The molecule has 0 bridgehead atoms. The summed E-state index contributed by atoms with van der Waals surface area (Å²) in [5.74, 6) is 0. The molecule has 0 atom stereocenters. The summed E-state index contributed by atoms with van der Waals surface area (Å²) >= 11 is 0. The Labute approximate surface area is 59.3 Å². The highest BCUT2D eigenvalue weighted by Gasteiger charge is 2.40. The van der Waals surface area contributed by atoms with Crippen molar-refractivity contribution in [3.05, 3.63) is 0 Å². The van der Waals surface area contributed by atoms with E-state index in [1.807, 2.05) is 0 Å². The van der Waals surface area contributed by atoms with Gasteiger partial charge in [0.25, 0.3) is 0 Å². The zero-order valence-electron chi connectivity index (χ0n) is 7.99. The SMILES string of the molecule is CC(C)S(C)(C)(C)(C)C.